The molecule has 1 aliphatic carbocycles. The van der Waals surface area contributed by atoms with Crippen molar-refractivity contribution in [2.45, 2.75) is 31.2 Å². The Morgan fingerprint density at radius 1 is 1.20 bits per heavy atom. The number of rotatable bonds is 3. The fourth-order valence-corrected chi connectivity index (χ4v) is 2.50. The zero-order valence-electron chi connectivity index (χ0n) is 12.0. The Balaban J connectivity index is 2.21. The molecule has 0 saturated heterocycles. The topological polar surface area (TPSA) is 75.4 Å². The summed E-state index contributed by atoms with van der Waals surface area (Å²) < 4.78 is 0. The van der Waals surface area contributed by atoms with Crippen molar-refractivity contribution >= 4 is 17.5 Å². The average molecular weight is 275 g/mol. The molecule has 5 heteroatoms. The van der Waals surface area contributed by atoms with Crippen LogP contribution in [0.3, 0.4) is 0 Å². The van der Waals surface area contributed by atoms with Crippen molar-refractivity contribution in [2.75, 3.05) is 19.4 Å². The Morgan fingerprint density at radius 3 is 2.40 bits per heavy atom. The molecule has 0 spiro atoms. The standard InChI is InChI=1S/C15H21N3O2/c1-18(2)13(19)11-7-3-4-8-12(11)17-14(20)15(16)9-5-6-10-15/h3-4,7-8H,5-6,9-10,16H2,1-2H3,(H,17,20). The van der Waals surface area contributed by atoms with E-state index in [1.807, 2.05) is 0 Å². The number of hydrogen-bond donors (Lipinski definition) is 2. The van der Waals surface area contributed by atoms with Crippen molar-refractivity contribution in [3.63, 3.8) is 0 Å². The van der Waals surface area contributed by atoms with Gasteiger partial charge in [0.05, 0.1) is 16.8 Å². The lowest BCUT2D eigenvalue weighted by Crippen LogP contribution is -2.48. The van der Waals surface area contributed by atoms with Crippen LogP contribution in [0.25, 0.3) is 0 Å². The van der Waals surface area contributed by atoms with Crippen molar-refractivity contribution in [2.24, 2.45) is 5.73 Å². The first kappa shape index (κ1) is 14.5. The molecule has 3 N–H and O–H groups in total. The van der Waals surface area contributed by atoms with Gasteiger partial charge in [-0.15, -0.1) is 0 Å². The molecule has 0 heterocycles. The summed E-state index contributed by atoms with van der Waals surface area (Å²) in [4.78, 5) is 25.9. The van der Waals surface area contributed by atoms with Gasteiger partial charge < -0.3 is 16.0 Å². The number of anilines is 1. The van der Waals surface area contributed by atoms with E-state index in [4.69, 9.17) is 5.73 Å². The zero-order valence-corrected chi connectivity index (χ0v) is 12.0. The average Bonchev–Trinajstić information content (AvgIpc) is 2.87. The molecule has 0 radical (unpaired) electrons. The van der Waals surface area contributed by atoms with Gasteiger partial charge in [0, 0.05) is 14.1 Å². The highest BCUT2D eigenvalue weighted by Gasteiger charge is 2.37. The molecule has 0 unspecified atom stereocenters. The predicted octanol–water partition coefficient (Wildman–Crippen LogP) is 1.60. The second kappa shape index (κ2) is 5.63. The molecule has 2 amide bonds. The van der Waals surface area contributed by atoms with E-state index < -0.39 is 5.54 Å². The van der Waals surface area contributed by atoms with Gasteiger partial charge in [-0.25, -0.2) is 0 Å². The lowest BCUT2D eigenvalue weighted by molar-refractivity contribution is -0.121. The van der Waals surface area contributed by atoms with Gasteiger partial charge in [-0.3, -0.25) is 9.59 Å². The molecule has 0 aliphatic heterocycles. The summed E-state index contributed by atoms with van der Waals surface area (Å²) in [7, 11) is 3.37. The fraction of sp³-hybridized carbons (Fsp3) is 0.467. The van der Waals surface area contributed by atoms with E-state index in [0.717, 1.165) is 12.8 Å². The van der Waals surface area contributed by atoms with Crippen LogP contribution in [-0.2, 0) is 4.79 Å². The Labute approximate surface area is 119 Å². The van der Waals surface area contributed by atoms with Crippen molar-refractivity contribution < 1.29 is 9.59 Å². The van der Waals surface area contributed by atoms with Crippen LogP contribution >= 0.6 is 0 Å². The van der Waals surface area contributed by atoms with E-state index in [-0.39, 0.29) is 11.8 Å². The number of nitrogens with one attached hydrogen (secondary N) is 1. The predicted molar refractivity (Wildman–Crippen MR) is 78.5 cm³/mol. The maximum Gasteiger partial charge on any atom is 0.255 e. The monoisotopic (exact) mass is 275 g/mol. The summed E-state index contributed by atoms with van der Waals surface area (Å²) >= 11 is 0. The van der Waals surface area contributed by atoms with Gasteiger partial charge in [0.15, 0.2) is 0 Å². The maximum atomic E-state index is 12.3. The number of nitrogens with zero attached hydrogens (tertiary/aromatic N) is 1. The minimum atomic E-state index is -0.797. The van der Waals surface area contributed by atoms with Crippen LogP contribution in [0.15, 0.2) is 24.3 Å². The molecular weight excluding hydrogens is 254 g/mol. The summed E-state index contributed by atoms with van der Waals surface area (Å²) in [5.74, 6) is -0.340. The van der Waals surface area contributed by atoms with Crippen LogP contribution in [-0.4, -0.2) is 36.3 Å². The second-order valence-corrected chi connectivity index (χ2v) is 5.56. The van der Waals surface area contributed by atoms with Gasteiger partial charge in [0.25, 0.3) is 5.91 Å². The van der Waals surface area contributed by atoms with E-state index >= 15 is 0 Å². The third kappa shape index (κ3) is 2.82. The second-order valence-electron chi connectivity index (χ2n) is 5.56. The molecule has 108 valence electrons. The Bertz CT molecular complexity index is 520. The van der Waals surface area contributed by atoms with Crippen LogP contribution < -0.4 is 11.1 Å². The number of para-hydroxylation sites is 1. The van der Waals surface area contributed by atoms with E-state index in [9.17, 15) is 9.59 Å². The molecule has 20 heavy (non-hydrogen) atoms. The lowest BCUT2D eigenvalue weighted by Gasteiger charge is -2.23. The Kier molecular flexibility index (Phi) is 4.09. The normalized spacial score (nSPS) is 16.8. The van der Waals surface area contributed by atoms with Crippen LogP contribution in [0.1, 0.15) is 36.0 Å². The van der Waals surface area contributed by atoms with Crippen LogP contribution in [0.4, 0.5) is 5.69 Å². The third-order valence-electron chi connectivity index (χ3n) is 3.76. The number of hydrogen-bond acceptors (Lipinski definition) is 3. The van der Waals surface area contributed by atoms with E-state index in [1.165, 1.54) is 4.90 Å². The quantitative estimate of drug-likeness (QED) is 0.879. The minimum Gasteiger partial charge on any atom is -0.345 e. The van der Waals surface area contributed by atoms with Crippen molar-refractivity contribution in [3.8, 4) is 0 Å². The number of carbonyl (C=O) groups is 2. The first-order chi connectivity index (χ1) is 9.44. The first-order valence-corrected chi connectivity index (χ1v) is 6.85. The molecule has 5 nitrogen and oxygen atoms in total. The van der Waals surface area contributed by atoms with Crippen molar-refractivity contribution in [1.82, 2.24) is 4.90 Å². The van der Waals surface area contributed by atoms with E-state index in [1.54, 1.807) is 38.4 Å². The van der Waals surface area contributed by atoms with Crippen molar-refractivity contribution in [3.05, 3.63) is 29.8 Å². The lowest BCUT2D eigenvalue weighted by atomic mass is 9.97. The SMILES string of the molecule is CN(C)C(=O)c1ccccc1NC(=O)C1(N)CCCC1. The van der Waals surface area contributed by atoms with Gasteiger partial charge in [-0.2, -0.15) is 0 Å². The summed E-state index contributed by atoms with van der Waals surface area (Å²) in [5.41, 5.74) is 6.33. The zero-order chi connectivity index (χ0) is 14.8. The number of amides is 2. The van der Waals surface area contributed by atoms with Crippen LogP contribution in [0, 0.1) is 0 Å². The van der Waals surface area contributed by atoms with Gasteiger partial charge in [0.2, 0.25) is 5.91 Å². The molecule has 1 fully saturated rings. The molecule has 1 aliphatic rings. The summed E-state index contributed by atoms with van der Waals surface area (Å²) in [6.07, 6.45) is 3.34. The third-order valence-corrected chi connectivity index (χ3v) is 3.76. The number of carbonyl (C=O) groups excluding carboxylic acids is 2. The molecule has 0 aromatic heterocycles. The molecule has 0 atom stereocenters. The maximum absolute atomic E-state index is 12.3. The molecule has 1 aromatic carbocycles. The first-order valence-electron chi connectivity index (χ1n) is 6.85. The highest BCUT2D eigenvalue weighted by atomic mass is 16.2. The van der Waals surface area contributed by atoms with Crippen LogP contribution in [0.2, 0.25) is 0 Å². The summed E-state index contributed by atoms with van der Waals surface area (Å²) in [5, 5.41) is 2.82. The van der Waals surface area contributed by atoms with Crippen molar-refractivity contribution in [1.29, 1.82) is 0 Å². The molecule has 1 aromatic rings. The fourth-order valence-electron chi connectivity index (χ4n) is 2.50. The smallest absolute Gasteiger partial charge is 0.255 e. The highest BCUT2D eigenvalue weighted by molar-refractivity contribution is 6.05. The Hall–Kier alpha value is -1.88. The summed E-state index contributed by atoms with van der Waals surface area (Å²) in [6.45, 7) is 0. The molecule has 0 bridgehead atoms. The molecule has 1 saturated carbocycles. The molecular formula is C15H21N3O2. The Morgan fingerprint density at radius 2 is 1.80 bits per heavy atom. The number of nitrogens with two attached hydrogens (primary N) is 1. The molecule has 2 rings (SSSR count). The number of benzene rings is 1. The van der Waals surface area contributed by atoms with E-state index in [2.05, 4.69) is 5.32 Å². The van der Waals surface area contributed by atoms with Gasteiger partial charge in [-0.1, -0.05) is 25.0 Å². The minimum absolute atomic E-state index is 0.140. The van der Waals surface area contributed by atoms with Gasteiger partial charge >= 0.3 is 0 Å². The summed E-state index contributed by atoms with van der Waals surface area (Å²) in [6, 6.07) is 7.00. The van der Waals surface area contributed by atoms with Gasteiger partial charge in [0.1, 0.15) is 0 Å². The van der Waals surface area contributed by atoms with E-state index in [0.29, 0.717) is 24.1 Å². The highest BCUT2D eigenvalue weighted by Crippen LogP contribution is 2.29. The largest absolute Gasteiger partial charge is 0.345 e. The van der Waals surface area contributed by atoms with Gasteiger partial charge in [-0.05, 0) is 25.0 Å². The van der Waals surface area contributed by atoms with Crippen LogP contribution in [0.5, 0.6) is 0 Å².